The average molecular weight is 452 g/mol. The summed E-state index contributed by atoms with van der Waals surface area (Å²) in [5.74, 6) is -1.46. The molecule has 0 fully saturated rings. The molecule has 3 aromatic rings. The van der Waals surface area contributed by atoms with E-state index in [1.165, 1.54) is 11.0 Å². The summed E-state index contributed by atoms with van der Waals surface area (Å²) in [7, 11) is 0. The molecule has 2 amide bonds. The van der Waals surface area contributed by atoms with E-state index in [0.717, 1.165) is 5.56 Å². The molecule has 0 aliphatic heterocycles. The number of carbonyl (C=O) groups excluding carboxylic acids is 2. The minimum Gasteiger partial charge on any atom is -0.368 e. The van der Waals surface area contributed by atoms with Crippen LogP contribution in [0, 0.1) is 19.7 Å². The molecule has 1 aliphatic rings. The molecular weight excluding hydrogens is 429 g/mol. The van der Waals surface area contributed by atoms with Crippen molar-refractivity contribution in [2.75, 3.05) is 0 Å². The van der Waals surface area contributed by atoms with Gasteiger partial charge in [0.1, 0.15) is 11.9 Å². The average Bonchev–Trinajstić information content (AvgIpc) is 3.17. The number of pyridine rings is 1. The molecule has 5 nitrogen and oxygen atoms in total. The molecule has 4 rings (SSSR count). The molecule has 0 bridgehead atoms. The number of nitrogens with two attached hydrogens (primary N) is 1. The summed E-state index contributed by atoms with van der Waals surface area (Å²) in [6.45, 7) is 3.59. The number of hydrogen-bond donors (Lipinski definition) is 1. The lowest BCUT2D eigenvalue weighted by atomic mass is 9.97. The van der Waals surface area contributed by atoms with Gasteiger partial charge in [-0.25, -0.2) is 4.39 Å². The predicted molar refractivity (Wildman–Crippen MR) is 121 cm³/mol. The summed E-state index contributed by atoms with van der Waals surface area (Å²) in [6, 6.07) is 12.0. The van der Waals surface area contributed by atoms with Gasteiger partial charge in [0.25, 0.3) is 5.91 Å². The van der Waals surface area contributed by atoms with Gasteiger partial charge in [0.2, 0.25) is 5.91 Å². The first-order valence-electron chi connectivity index (χ1n) is 10.4. The van der Waals surface area contributed by atoms with E-state index >= 15 is 0 Å². The monoisotopic (exact) mass is 451 g/mol. The minimum atomic E-state index is -1.04. The van der Waals surface area contributed by atoms with Gasteiger partial charge in [-0.3, -0.25) is 14.6 Å². The molecule has 0 radical (unpaired) electrons. The summed E-state index contributed by atoms with van der Waals surface area (Å²) < 4.78 is 14.6. The van der Waals surface area contributed by atoms with E-state index in [-0.39, 0.29) is 10.9 Å². The fourth-order valence-corrected chi connectivity index (χ4v) is 4.65. The Morgan fingerprint density at radius 1 is 1.19 bits per heavy atom. The van der Waals surface area contributed by atoms with Gasteiger partial charge in [0, 0.05) is 16.9 Å². The Kier molecular flexibility index (Phi) is 5.98. The molecule has 2 N–H and O–H groups in total. The second-order valence-electron chi connectivity index (χ2n) is 8.08. The van der Waals surface area contributed by atoms with E-state index in [1.807, 2.05) is 13.0 Å². The van der Waals surface area contributed by atoms with Crippen molar-refractivity contribution in [3.05, 3.63) is 99.1 Å². The van der Waals surface area contributed by atoms with Gasteiger partial charge in [-0.1, -0.05) is 41.9 Å². The van der Waals surface area contributed by atoms with E-state index < -0.39 is 23.8 Å². The number of hydrogen-bond acceptors (Lipinski definition) is 3. The summed E-state index contributed by atoms with van der Waals surface area (Å²) in [6.07, 6.45) is 2.56. The van der Waals surface area contributed by atoms with Crippen LogP contribution in [0.4, 0.5) is 4.39 Å². The molecule has 164 valence electrons. The van der Waals surface area contributed by atoms with E-state index in [1.54, 1.807) is 49.5 Å². The Balaban J connectivity index is 1.91. The number of amides is 2. The van der Waals surface area contributed by atoms with Gasteiger partial charge in [-0.05, 0) is 67.1 Å². The fourth-order valence-electron chi connectivity index (χ4n) is 4.44. The topological polar surface area (TPSA) is 76.3 Å². The molecule has 0 unspecified atom stereocenters. The van der Waals surface area contributed by atoms with Crippen molar-refractivity contribution >= 4 is 23.4 Å². The highest BCUT2D eigenvalue weighted by Gasteiger charge is 2.40. The molecule has 2 atom stereocenters. The maximum Gasteiger partial charge on any atom is 0.257 e. The zero-order chi connectivity index (χ0) is 23.0. The van der Waals surface area contributed by atoms with Crippen LogP contribution in [0.2, 0.25) is 5.02 Å². The first kappa shape index (κ1) is 22.0. The second-order valence-corrected chi connectivity index (χ2v) is 8.52. The fraction of sp³-hybridized carbons (Fsp3) is 0.240. The zero-order valence-corrected chi connectivity index (χ0v) is 18.6. The Labute approximate surface area is 191 Å². The lowest BCUT2D eigenvalue weighted by Crippen LogP contribution is -2.43. The molecule has 0 saturated carbocycles. The van der Waals surface area contributed by atoms with Crippen molar-refractivity contribution in [3.8, 4) is 0 Å². The Bertz CT molecular complexity index is 1200. The summed E-state index contributed by atoms with van der Waals surface area (Å²) in [5.41, 5.74) is 9.28. The van der Waals surface area contributed by atoms with Crippen molar-refractivity contribution in [3.63, 3.8) is 0 Å². The van der Waals surface area contributed by atoms with Gasteiger partial charge in [0.05, 0.1) is 11.6 Å². The van der Waals surface area contributed by atoms with Crippen LogP contribution in [-0.2, 0) is 11.2 Å². The standard InChI is InChI=1S/C25H23ClFN3O2/c1-14-10-19(15(2)29-13-14)25(32)30(23(24(28)31)16-6-4-3-5-7-16)22-9-8-18-20(22)11-17(26)12-21(18)27/h3-7,10-13,22-23H,8-9H2,1-2H3,(H2,28,31)/t22-,23-/m1/s1. The lowest BCUT2D eigenvalue weighted by Gasteiger charge is -2.36. The normalized spacial score (nSPS) is 15.8. The molecule has 2 aromatic carbocycles. The van der Waals surface area contributed by atoms with E-state index in [9.17, 15) is 14.0 Å². The summed E-state index contributed by atoms with van der Waals surface area (Å²) in [5, 5.41) is 0.240. The van der Waals surface area contributed by atoms with Crippen molar-refractivity contribution in [2.45, 2.75) is 38.8 Å². The number of rotatable bonds is 5. The van der Waals surface area contributed by atoms with Crippen LogP contribution in [0.5, 0.6) is 0 Å². The summed E-state index contributed by atoms with van der Waals surface area (Å²) in [4.78, 5) is 32.5. The Hall–Kier alpha value is -3.25. The smallest absolute Gasteiger partial charge is 0.257 e. The third-order valence-corrected chi connectivity index (χ3v) is 6.13. The molecule has 7 heteroatoms. The van der Waals surface area contributed by atoms with E-state index in [0.29, 0.717) is 40.8 Å². The van der Waals surface area contributed by atoms with Gasteiger partial charge < -0.3 is 10.6 Å². The second kappa shape index (κ2) is 8.71. The van der Waals surface area contributed by atoms with Crippen molar-refractivity contribution < 1.29 is 14.0 Å². The maximum absolute atomic E-state index is 14.6. The first-order chi connectivity index (χ1) is 15.3. The highest BCUT2D eigenvalue weighted by atomic mass is 35.5. The number of carbonyl (C=O) groups is 2. The Morgan fingerprint density at radius 2 is 1.91 bits per heavy atom. The zero-order valence-electron chi connectivity index (χ0n) is 17.8. The number of fused-ring (bicyclic) bond motifs is 1. The molecule has 0 spiro atoms. The van der Waals surface area contributed by atoms with Crippen LogP contribution in [0.3, 0.4) is 0 Å². The van der Waals surface area contributed by atoms with Crippen LogP contribution in [-0.4, -0.2) is 21.7 Å². The first-order valence-corrected chi connectivity index (χ1v) is 10.7. The van der Waals surface area contributed by atoms with Crippen molar-refractivity contribution in [1.82, 2.24) is 9.88 Å². The summed E-state index contributed by atoms with van der Waals surface area (Å²) >= 11 is 6.16. The minimum absolute atomic E-state index is 0.240. The predicted octanol–water partition coefficient (Wildman–Crippen LogP) is 4.85. The molecule has 1 heterocycles. The van der Waals surface area contributed by atoms with Crippen LogP contribution < -0.4 is 5.73 Å². The number of primary amides is 1. The number of aryl methyl sites for hydroxylation is 2. The molecular formula is C25H23ClFN3O2. The number of nitrogens with zero attached hydrogens (tertiary/aromatic N) is 2. The number of aromatic nitrogens is 1. The number of benzene rings is 2. The maximum atomic E-state index is 14.6. The van der Waals surface area contributed by atoms with Crippen LogP contribution in [0.1, 0.15) is 56.8 Å². The number of halogens is 2. The van der Waals surface area contributed by atoms with Gasteiger partial charge >= 0.3 is 0 Å². The largest absolute Gasteiger partial charge is 0.368 e. The third-order valence-electron chi connectivity index (χ3n) is 5.91. The van der Waals surface area contributed by atoms with E-state index in [4.69, 9.17) is 17.3 Å². The quantitative estimate of drug-likeness (QED) is 0.602. The highest BCUT2D eigenvalue weighted by molar-refractivity contribution is 6.30. The lowest BCUT2D eigenvalue weighted by molar-refractivity contribution is -0.123. The van der Waals surface area contributed by atoms with Crippen LogP contribution in [0.15, 0.2) is 54.7 Å². The molecule has 1 aromatic heterocycles. The highest BCUT2D eigenvalue weighted by Crippen LogP contribution is 2.43. The molecule has 32 heavy (non-hydrogen) atoms. The Morgan fingerprint density at radius 3 is 2.59 bits per heavy atom. The van der Waals surface area contributed by atoms with Gasteiger partial charge in [0.15, 0.2) is 0 Å². The van der Waals surface area contributed by atoms with Crippen LogP contribution >= 0.6 is 11.6 Å². The van der Waals surface area contributed by atoms with Crippen molar-refractivity contribution in [2.24, 2.45) is 5.73 Å². The SMILES string of the molecule is Cc1cnc(C)c(C(=O)N([C@@H]2CCc3c(F)cc(Cl)cc32)[C@@H](C(N)=O)c2ccccc2)c1. The van der Waals surface area contributed by atoms with E-state index in [2.05, 4.69) is 4.98 Å². The van der Waals surface area contributed by atoms with Gasteiger partial charge in [-0.2, -0.15) is 0 Å². The van der Waals surface area contributed by atoms with Crippen molar-refractivity contribution in [1.29, 1.82) is 0 Å². The molecule has 1 aliphatic carbocycles. The van der Waals surface area contributed by atoms with Gasteiger partial charge in [-0.15, -0.1) is 0 Å². The van der Waals surface area contributed by atoms with Crippen LogP contribution in [0.25, 0.3) is 0 Å². The molecule has 0 saturated heterocycles. The third kappa shape index (κ3) is 3.98.